The van der Waals surface area contributed by atoms with E-state index in [-0.39, 0.29) is 34.9 Å². The quantitative estimate of drug-likeness (QED) is 0.150. The monoisotopic (exact) mass is 586 g/mol. The number of nitrogens with two attached hydrogens (primary N) is 1. The number of rotatable bonds is 9. The van der Waals surface area contributed by atoms with E-state index >= 15 is 0 Å². The number of carbonyl (C=O) groups is 1. The van der Waals surface area contributed by atoms with Gasteiger partial charge in [-0.25, -0.2) is 17.7 Å². The molecule has 2 heterocycles. The van der Waals surface area contributed by atoms with E-state index in [0.717, 1.165) is 57.2 Å². The summed E-state index contributed by atoms with van der Waals surface area (Å²) in [6.07, 6.45) is 0.604. The highest BCUT2D eigenvalue weighted by Crippen LogP contribution is 2.32. The van der Waals surface area contributed by atoms with Crippen LogP contribution in [0.1, 0.15) is 31.2 Å². The van der Waals surface area contributed by atoms with Crippen molar-refractivity contribution in [2.45, 2.75) is 43.9 Å². The fraction of sp³-hybridized carbons (Fsp3) is 0.538. The molecule has 0 aromatic heterocycles. The van der Waals surface area contributed by atoms with E-state index < -0.39 is 27.7 Å². The van der Waals surface area contributed by atoms with Crippen molar-refractivity contribution in [3.8, 4) is 0 Å². The molecule has 10 nitrogen and oxygen atoms in total. The van der Waals surface area contributed by atoms with E-state index in [4.69, 9.17) is 10.5 Å². The molecule has 1 amide bonds. The number of nitrogens with one attached hydrogen (secondary N) is 1. The maximum Gasteiger partial charge on any atom is 0.416 e. The van der Waals surface area contributed by atoms with Crippen LogP contribution in [0.3, 0.4) is 0 Å². The van der Waals surface area contributed by atoms with Crippen LogP contribution in [-0.4, -0.2) is 93.4 Å². The van der Waals surface area contributed by atoms with E-state index in [0.29, 0.717) is 13.1 Å². The SMILES string of the molecule is C=C(Nc1cccc(C(F)(F)F)c1)/C(OC)=C(\N=C/N)C(=O)N1CCC(N2CCC(N(C)S(C)(=O)=O)CC2)CC1. The number of hydrogen-bond acceptors (Lipinski definition) is 7. The Morgan fingerprint density at radius 3 is 2.35 bits per heavy atom. The highest BCUT2D eigenvalue weighted by Gasteiger charge is 2.34. The van der Waals surface area contributed by atoms with E-state index in [1.54, 1.807) is 11.9 Å². The highest BCUT2D eigenvalue weighted by atomic mass is 32.2. The molecule has 2 saturated heterocycles. The van der Waals surface area contributed by atoms with Crippen molar-refractivity contribution in [3.05, 3.63) is 53.6 Å². The number of halogens is 3. The smallest absolute Gasteiger partial charge is 0.416 e. The Hall–Kier alpha value is -3.10. The Labute approximate surface area is 233 Å². The second-order valence-corrected chi connectivity index (χ2v) is 12.0. The molecule has 222 valence electrons. The molecule has 1 aromatic rings. The van der Waals surface area contributed by atoms with Crippen LogP contribution in [0.4, 0.5) is 18.9 Å². The minimum absolute atomic E-state index is 0.0140. The lowest BCUT2D eigenvalue weighted by Gasteiger charge is -2.43. The molecular formula is C26H37F3N6O4S. The summed E-state index contributed by atoms with van der Waals surface area (Å²) in [5, 5.41) is 2.76. The molecule has 0 aliphatic carbocycles. The third-order valence-corrected chi connectivity index (χ3v) is 8.73. The molecule has 3 rings (SSSR count). The molecule has 0 unspecified atom stereocenters. The number of anilines is 1. The van der Waals surface area contributed by atoms with Crippen LogP contribution in [0.15, 0.2) is 53.0 Å². The first kappa shape index (κ1) is 31.4. The van der Waals surface area contributed by atoms with Gasteiger partial charge in [0.2, 0.25) is 10.0 Å². The average molecular weight is 587 g/mol. The molecule has 0 radical (unpaired) electrons. The van der Waals surface area contributed by atoms with E-state index in [1.807, 2.05) is 0 Å². The summed E-state index contributed by atoms with van der Waals surface area (Å²) in [5.41, 5.74) is 4.73. The van der Waals surface area contributed by atoms with E-state index in [2.05, 4.69) is 21.8 Å². The zero-order chi connectivity index (χ0) is 29.7. The van der Waals surface area contributed by atoms with Gasteiger partial charge in [-0.2, -0.15) is 13.2 Å². The van der Waals surface area contributed by atoms with Crippen LogP contribution in [0.25, 0.3) is 0 Å². The number of nitrogens with zero attached hydrogens (tertiary/aromatic N) is 4. The average Bonchev–Trinajstić information content (AvgIpc) is 2.91. The normalized spacial score (nSPS) is 19.1. The Bertz CT molecular complexity index is 1240. The first-order valence-corrected chi connectivity index (χ1v) is 14.7. The summed E-state index contributed by atoms with van der Waals surface area (Å²) in [6, 6.07) is 4.83. The number of carbonyl (C=O) groups excluding carboxylic acids is 1. The Morgan fingerprint density at radius 2 is 1.82 bits per heavy atom. The van der Waals surface area contributed by atoms with Gasteiger partial charge in [0.25, 0.3) is 5.91 Å². The summed E-state index contributed by atoms with van der Waals surface area (Å²) >= 11 is 0. The van der Waals surface area contributed by atoms with Crippen molar-refractivity contribution in [1.29, 1.82) is 0 Å². The van der Waals surface area contributed by atoms with Gasteiger partial charge < -0.3 is 25.6 Å². The molecular weight excluding hydrogens is 549 g/mol. The minimum atomic E-state index is -4.52. The standard InChI is InChI=1S/C26H37F3N6O4S/c1-18(32-20-7-5-6-19(16-20)26(27,28)29)24(39-3)23(31-17-30)25(36)35-14-10-22(11-15-35)34-12-8-21(9-13-34)33(2)40(4,37)38/h5-7,16-17,21-22,32H,1,8-15H2,2-4H3,(H2,30,31)/b24-23+. The molecule has 3 N–H and O–H groups in total. The molecule has 2 aliphatic heterocycles. The number of amides is 1. The topological polar surface area (TPSA) is 121 Å². The second-order valence-electron chi connectivity index (χ2n) is 9.91. The van der Waals surface area contributed by atoms with Crippen LogP contribution < -0.4 is 11.1 Å². The largest absolute Gasteiger partial charge is 0.492 e. The first-order chi connectivity index (χ1) is 18.8. The molecule has 14 heteroatoms. The Kier molecular flexibility index (Phi) is 10.2. The van der Waals surface area contributed by atoms with Crippen molar-refractivity contribution in [3.63, 3.8) is 0 Å². The van der Waals surface area contributed by atoms with Crippen LogP contribution in [0.5, 0.6) is 0 Å². The van der Waals surface area contributed by atoms with Crippen molar-refractivity contribution in [1.82, 2.24) is 14.1 Å². The second kappa shape index (κ2) is 13.0. The third-order valence-electron chi connectivity index (χ3n) is 7.39. The number of ether oxygens (including phenoxy) is 1. The van der Waals surface area contributed by atoms with Gasteiger partial charge in [0.15, 0.2) is 11.5 Å². The lowest BCUT2D eigenvalue weighted by atomic mass is 9.97. The summed E-state index contributed by atoms with van der Waals surface area (Å²) in [7, 11) is -0.308. The first-order valence-electron chi connectivity index (χ1n) is 12.9. The van der Waals surface area contributed by atoms with Crippen LogP contribution >= 0.6 is 0 Å². The fourth-order valence-electron chi connectivity index (χ4n) is 5.12. The molecule has 2 fully saturated rings. The van der Waals surface area contributed by atoms with Crippen molar-refractivity contribution in [2.24, 2.45) is 10.7 Å². The summed E-state index contributed by atoms with van der Waals surface area (Å²) in [6.45, 7) is 6.32. The summed E-state index contributed by atoms with van der Waals surface area (Å²) < 4.78 is 69.9. The minimum Gasteiger partial charge on any atom is -0.492 e. The van der Waals surface area contributed by atoms with Gasteiger partial charge in [-0.05, 0) is 57.0 Å². The van der Waals surface area contributed by atoms with Gasteiger partial charge in [-0.3, -0.25) is 4.79 Å². The number of piperidine rings is 2. The highest BCUT2D eigenvalue weighted by molar-refractivity contribution is 7.88. The van der Waals surface area contributed by atoms with Gasteiger partial charge in [0.1, 0.15) is 0 Å². The summed E-state index contributed by atoms with van der Waals surface area (Å²) in [5.74, 6) is -0.471. The Balaban J connectivity index is 1.66. The number of benzene rings is 1. The van der Waals surface area contributed by atoms with Crippen molar-refractivity contribution >= 4 is 28.0 Å². The Morgan fingerprint density at radius 1 is 1.20 bits per heavy atom. The number of alkyl halides is 3. The number of likely N-dealkylation sites (tertiary alicyclic amines) is 2. The van der Waals surface area contributed by atoms with Gasteiger partial charge in [0.05, 0.1) is 31.0 Å². The molecule has 0 saturated carbocycles. The van der Waals surface area contributed by atoms with E-state index in [1.165, 1.54) is 29.8 Å². The lowest BCUT2D eigenvalue weighted by Crippen LogP contribution is -2.52. The lowest BCUT2D eigenvalue weighted by molar-refractivity contribution is -0.137. The predicted molar refractivity (Wildman–Crippen MR) is 148 cm³/mol. The van der Waals surface area contributed by atoms with Crippen LogP contribution in [0, 0.1) is 0 Å². The maximum absolute atomic E-state index is 13.5. The molecule has 2 aliphatic rings. The zero-order valence-corrected chi connectivity index (χ0v) is 23.8. The third kappa shape index (κ3) is 7.76. The molecule has 0 atom stereocenters. The van der Waals surface area contributed by atoms with Crippen molar-refractivity contribution < 1.29 is 31.1 Å². The molecule has 1 aromatic carbocycles. The number of methoxy groups -OCH3 is 1. The molecule has 0 spiro atoms. The van der Waals surface area contributed by atoms with E-state index in [9.17, 15) is 26.4 Å². The van der Waals surface area contributed by atoms with Crippen LogP contribution in [0.2, 0.25) is 0 Å². The predicted octanol–water partition coefficient (Wildman–Crippen LogP) is 2.82. The van der Waals surface area contributed by atoms with Crippen LogP contribution in [-0.2, 0) is 25.7 Å². The zero-order valence-electron chi connectivity index (χ0n) is 22.9. The number of sulfonamides is 1. The number of hydrogen-bond donors (Lipinski definition) is 2. The van der Waals surface area contributed by atoms with Gasteiger partial charge in [-0.15, -0.1) is 0 Å². The summed E-state index contributed by atoms with van der Waals surface area (Å²) in [4.78, 5) is 21.5. The van der Waals surface area contributed by atoms with Gasteiger partial charge in [0, 0.05) is 37.9 Å². The van der Waals surface area contributed by atoms with Gasteiger partial charge in [-0.1, -0.05) is 12.6 Å². The maximum atomic E-state index is 13.5. The van der Waals surface area contributed by atoms with Gasteiger partial charge >= 0.3 is 6.18 Å². The molecule has 40 heavy (non-hydrogen) atoms. The van der Waals surface area contributed by atoms with Crippen molar-refractivity contribution in [2.75, 3.05) is 51.9 Å². The molecule has 0 bridgehead atoms. The number of aliphatic imine (C=N–C) groups is 1. The fourth-order valence-corrected chi connectivity index (χ4v) is 5.87.